The summed E-state index contributed by atoms with van der Waals surface area (Å²) in [6.07, 6.45) is 5.77. The van der Waals surface area contributed by atoms with Crippen LogP contribution in [0.15, 0.2) is 35.2 Å². The predicted molar refractivity (Wildman–Crippen MR) is 89.9 cm³/mol. The van der Waals surface area contributed by atoms with Gasteiger partial charge in [-0.2, -0.15) is 8.42 Å². The van der Waals surface area contributed by atoms with Gasteiger partial charge in [-0.3, -0.25) is 9.35 Å². The maximum Gasteiger partial charge on any atom is 0.312 e. The van der Waals surface area contributed by atoms with E-state index in [9.17, 15) is 13.2 Å². The molecule has 0 unspecified atom stereocenters. The van der Waals surface area contributed by atoms with Crippen LogP contribution in [0.5, 0.6) is 0 Å². The average molecular weight is 355 g/mol. The molecular weight excluding hydrogens is 330 g/mol. The zero-order valence-electron chi connectivity index (χ0n) is 13.9. The summed E-state index contributed by atoms with van der Waals surface area (Å²) in [4.78, 5) is 11.7. The molecule has 0 saturated heterocycles. The number of carbonyl (C=O) groups is 1. The number of carbonyl (C=O) groups excluding carboxylic acids is 1. The molecule has 3 saturated carbocycles. The predicted octanol–water partition coefficient (Wildman–Crippen LogP) is 2.53. The van der Waals surface area contributed by atoms with E-state index in [-0.39, 0.29) is 21.8 Å². The van der Waals surface area contributed by atoms with Crippen molar-refractivity contribution in [3.63, 3.8) is 0 Å². The summed E-state index contributed by atoms with van der Waals surface area (Å²) < 4.78 is 34.4. The molecule has 3 aliphatic carbocycles. The van der Waals surface area contributed by atoms with Crippen LogP contribution >= 0.6 is 0 Å². The minimum absolute atomic E-state index is 0.0155. The lowest BCUT2D eigenvalue weighted by molar-refractivity contribution is -0.162. The molecule has 4 rings (SSSR count). The fraction of sp³-hybridized carbons (Fsp3) is 0.588. The topological polar surface area (TPSA) is 107 Å². The van der Waals surface area contributed by atoms with Crippen LogP contribution in [0.3, 0.4) is 0 Å². The second-order valence-corrected chi connectivity index (χ2v) is 8.07. The van der Waals surface area contributed by atoms with Crippen LogP contribution in [-0.2, 0) is 19.6 Å². The Kier molecular flexibility index (Phi) is 5.67. The van der Waals surface area contributed by atoms with Gasteiger partial charge in [0.25, 0.3) is 10.1 Å². The van der Waals surface area contributed by atoms with Gasteiger partial charge < -0.3 is 10.5 Å². The highest BCUT2D eigenvalue weighted by molar-refractivity contribution is 7.85. The first kappa shape index (κ1) is 18.9. The van der Waals surface area contributed by atoms with Crippen molar-refractivity contribution in [2.75, 3.05) is 6.61 Å². The molecular formula is C17H25NO5S. The van der Waals surface area contributed by atoms with E-state index >= 15 is 0 Å². The first-order chi connectivity index (χ1) is 11.2. The Morgan fingerprint density at radius 2 is 1.62 bits per heavy atom. The molecule has 134 valence electrons. The average Bonchev–Trinajstić information content (AvgIpc) is 2.57. The van der Waals surface area contributed by atoms with Crippen molar-refractivity contribution in [1.82, 2.24) is 0 Å². The Labute approximate surface area is 143 Å². The number of benzene rings is 1. The Morgan fingerprint density at radius 3 is 2.00 bits per heavy atom. The normalized spacial score (nSPS) is 28.6. The van der Waals surface area contributed by atoms with Crippen molar-refractivity contribution in [1.29, 1.82) is 0 Å². The third-order valence-corrected chi connectivity index (χ3v) is 5.92. The molecule has 3 fully saturated rings. The van der Waals surface area contributed by atoms with E-state index in [2.05, 4.69) is 0 Å². The Morgan fingerprint density at radius 1 is 1.12 bits per heavy atom. The van der Waals surface area contributed by atoms with Crippen molar-refractivity contribution in [3.8, 4) is 0 Å². The van der Waals surface area contributed by atoms with Crippen LogP contribution < -0.4 is 5.73 Å². The first-order valence-corrected chi connectivity index (χ1v) is 9.63. The molecule has 0 spiro atoms. The third kappa shape index (κ3) is 4.34. The van der Waals surface area contributed by atoms with E-state index in [1.807, 2.05) is 6.92 Å². The highest BCUT2D eigenvalue weighted by Gasteiger charge is 2.51. The molecule has 24 heavy (non-hydrogen) atoms. The molecule has 0 atom stereocenters. The van der Waals surface area contributed by atoms with Crippen LogP contribution in [0.25, 0.3) is 0 Å². The molecule has 3 N–H and O–H groups in total. The van der Waals surface area contributed by atoms with Gasteiger partial charge in [-0.25, -0.2) is 0 Å². The Bertz CT molecular complexity index is 647. The van der Waals surface area contributed by atoms with Gasteiger partial charge in [-0.05, 0) is 57.6 Å². The quantitative estimate of drug-likeness (QED) is 0.637. The maximum absolute atomic E-state index is 11.8. The highest BCUT2D eigenvalue weighted by Crippen LogP contribution is 2.51. The number of hydrogen-bond donors (Lipinski definition) is 2. The monoisotopic (exact) mass is 355 g/mol. The molecule has 6 nitrogen and oxygen atoms in total. The van der Waals surface area contributed by atoms with Gasteiger partial charge in [0.1, 0.15) is 0 Å². The van der Waals surface area contributed by atoms with Gasteiger partial charge in [-0.15, -0.1) is 0 Å². The molecule has 1 aromatic carbocycles. The fourth-order valence-electron chi connectivity index (χ4n) is 3.40. The van der Waals surface area contributed by atoms with E-state index in [0.29, 0.717) is 6.61 Å². The Hall–Kier alpha value is -1.44. The molecule has 0 amide bonds. The van der Waals surface area contributed by atoms with Crippen molar-refractivity contribution in [2.45, 2.75) is 55.9 Å². The van der Waals surface area contributed by atoms with Crippen molar-refractivity contribution < 1.29 is 22.5 Å². The van der Waals surface area contributed by atoms with Crippen molar-refractivity contribution >= 4 is 16.1 Å². The van der Waals surface area contributed by atoms with Gasteiger partial charge >= 0.3 is 5.97 Å². The standard InChI is InChI=1S/C11H19NO2.C6H6O3S/c1-2-14-9(13)10-3-6-11(12,7-4-10)8-5-10;7-10(8,9)6-4-2-1-3-5-6/h2-8,12H2,1H3;1-5H,(H,7,8,9). The van der Waals surface area contributed by atoms with Crippen LogP contribution in [0, 0.1) is 5.41 Å². The molecule has 0 radical (unpaired) electrons. The third-order valence-electron chi connectivity index (χ3n) is 5.05. The molecule has 0 heterocycles. The van der Waals surface area contributed by atoms with Gasteiger partial charge in [-0.1, -0.05) is 18.2 Å². The lowest BCUT2D eigenvalue weighted by atomic mass is 9.57. The molecule has 2 bridgehead atoms. The Balaban J connectivity index is 0.000000185. The van der Waals surface area contributed by atoms with Gasteiger partial charge in [0.05, 0.1) is 16.9 Å². The minimum atomic E-state index is -4.00. The van der Waals surface area contributed by atoms with Crippen LogP contribution in [0.4, 0.5) is 0 Å². The second-order valence-electron chi connectivity index (χ2n) is 6.65. The van der Waals surface area contributed by atoms with Crippen LogP contribution in [-0.4, -0.2) is 31.1 Å². The summed E-state index contributed by atoms with van der Waals surface area (Å²) in [5.41, 5.74) is 6.04. The lowest BCUT2D eigenvalue weighted by Crippen LogP contribution is -2.54. The van der Waals surface area contributed by atoms with E-state index in [0.717, 1.165) is 38.5 Å². The number of esters is 1. The molecule has 1 aromatic rings. The maximum atomic E-state index is 11.8. The number of ether oxygens (including phenoxy) is 1. The zero-order chi connectivity index (χ0) is 17.8. The number of nitrogens with two attached hydrogens (primary N) is 1. The van der Waals surface area contributed by atoms with Gasteiger partial charge in [0.2, 0.25) is 0 Å². The van der Waals surface area contributed by atoms with Crippen molar-refractivity contribution in [2.24, 2.45) is 11.1 Å². The van der Waals surface area contributed by atoms with Crippen molar-refractivity contribution in [3.05, 3.63) is 30.3 Å². The van der Waals surface area contributed by atoms with Crippen LogP contribution in [0.1, 0.15) is 45.4 Å². The van der Waals surface area contributed by atoms with E-state index in [1.165, 1.54) is 12.1 Å². The van der Waals surface area contributed by atoms with E-state index in [4.69, 9.17) is 15.0 Å². The van der Waals surface area contributed by atoms with Gasteiger partial charge in [0.15, 0.2) is 0 Å². The molecule has 7 heteroatoms. The highest BCUT2D eigenvalue weighted by atomic mass is 32.2. The number of fused-ring (bicyclic) bond motifs is 3. The lowest BCUT2D eigenvalue weighted by Gasteiger charge is -2.50. The summed E-state index contributed by atoms with van der Waals surface area (Å²) in [5, 5.41) is 0. The molecule has 0 aliphatic heterocycles. The smallest absolute Gasteiger partial charge is 0.312 e. The van der Waals surface area contributed by atoms with E-state index < -0.39 is 10.1 Å². The summed E-state index contributed by atoms with van der Waals surface area (Å²) >= 11 is 0. The van der Waals surface area contributed by atoms with E-state index in [1.54, 1.807) is 18.2 Å². The van der Waals surface area contributed by atoms with Gasteiger partial charge in [0, 0.05) is 5.54 Å². The second kappa shape index (κ2) is 7.21. The molecule has 0 aromatic heterocycles. The summed E-state index contributed by atoms with van der Waals surface area (Å²) in [7, 11) is -4.00. The van der Waals surface area contributed by atoms with Crippen LogP contribution in [0.2, 0.25) is 0 Å². The summed E-state index contributed by atoms with van der Waals surface area (Å²) in [5.74, 6) is 0.0155. The largest absolute Gasteiger partial charge is 0.466 e. The number of hydrogen-bond acceptors (Lipinski definition) is 5. The number of rotatable bonds is 3. The minimum Gasteiger partial charge on any atom is -0.466 e. The zero-order valence-corrected chi connectivity index (χ0v) is 14.7. The first-order valence-electron chi connectivity index (χ1n) is 8.19. The SMILES string of the molecule is CCOC(=O)C12CCC(N)(CC1)CC2.O=S(=O)(O)c1ccccc1. The molecule has 3 aliphatic rings. The fourth-order valence-corrected chi connectivity index (χ4v) is 3.90. The summed E-state index contributed by atoms with van der Waals surface area (Å²) in [6.45, 7) is 2.36. The summed E-state index contributed by atoms with van der Waals surface area (Å²) in [6, 6.07) is 7.42.